The van der Waals surface area contributed by atoms with E-state index in [2.05, 4.69) is 10.0 Å². The number of aliphatic hydroxyl groups is 20. The molecule has 21 aliphatic heterocycles. The van der Waals surface area contributed by atoms with E-state index in [1.165, 1.54) is 0 Å². The Morgan fingerprint density at radius 1 is 0.241 bits per heavy atom. The predicted molar refractivity (Wildman–Crippen MR) is 235 cm³/mol. The summed E-state index contributed by atoms with van der Waals surface area (Å²) in [4.78, 5) is 2.69. The second kappa shape index (κ2) is 26.9. The third-order valence-corrected chi connectivity index (χ3v) is 15.0. The molecule has 14 bridgehead atoms. The van der Waals surface area contributed by atoms with Gasteiger partial charge in [-0.05, 0) is 5.53 Å². The van der Waals surface area contributed by atoms with Gasteiger partial charge in [-0.15, -0.1) is 0 Å². The molecule has 20 N–H and O–H groups in total. The lowest BCUT2D eigenvalue weighted by molar-refractivity contribution is -0.396. The number of hydrogen-bond acceptors (Lipinski definition) is 35. The molecule has 21 saturated heterocycles. The van der Waals surface area contributed by atoms with Crippen LogP contribution in [0.25, 0.3) is 10.4 Å². The minimum Gasteiger partial charge on any atom is -0.394 e. The second-order valence-corrected chi connectivity index (χ2v) is 19.9. The van der Waals surface area contributed by atoms with Crippen molar-refractivity contribution in [3.8, 4) is 0 Å². The van der Waals surface area contributed by atoms with Crippen molar-refractivity contribution in [2.75, 3.05) is 46.2 Å². The van der Waals surface area contributed by atoms with E-state index in [4.69, 9.17) is 66.3 Å². The van der Waals surface area contributed by atoms with E-state index in [0.717, 1.165) is 0 Å². The molecule has 456 valence electrons. The van der Waals surface area contributed by atoms with E-state index in [9.17, 15) is 108 Å². The van der Waals surface area contributed by atoms with Gasteiger partial charge in [-0.2, -0.15) is 0 Å². The first kappa shape index (κ1) is 63.0. The van der Waals surface area contributed by atoms with E-state index < -0.39 is 261 Å². The average Bonchev–Trinajstić information content (AvgIpc) is 3.48. The molecule has 0 amide bonds. The Hall–Kier alpha value is -2.05. The summed E-state index contributed by atoms with van der Waals surface area (Å²) in [5, 5.41) is 224. The van der Waals surface area contributed by atoms with Crippen LogP contribution in [-0.4, -0.2) is 363 Å². The van der Waals surface area contributed by atoms with Crippen LogP contribution in [0.3, 0.4) is 0 Å². The minimum atomic E-state index is -2.23. The summed E-state index contributed by atoms with van der Waals surface area (Å²) < 4.78 is 79.9. The van der Waals surface area contributed by atoms with Crippen LogP contribution in [0.5, 0.6) is 0 Å². The molecule has 79 heavy (non-hydrogen) atoms. The first-order valence-corrected chi connectivity index (χ1v) is 25.0. The van der Waals surface area contributed by atoms with E-state index in [-0.39, 0.29) is 0 Å². The monoisotopic (exact) mass is 1160 g/mol. The van der Waals surface area contributed by atoms with Crippen molar-refractivity contribution in [1.29, 1.82) is 0 Å². The van der Waals surface area contributed by atoms with Crippen molar-refractivity contribution in [3.63, 3.8) is 0 Å². The molecule has 0 aromatic rings. The zero-order valence-corrected chi connectivity index (χ0v) is 41.2. The Bertz CT molecular complexity index is 1960. The van der Waals surface area contributed by atoms with Gasteiger partial charge in [0.1, 0.15) is 165 Å². The van der Waals surface area contributed by atoms with Crippen LogP contribution in [0, 0.1) is 0 Å². The molecule has 35 atom stereocenters. The molecule has 37 heteroatoms. The Balaban J connectivity index is 1.09. The first-order valence-electron chi connectivity index (χ1n) is 25.0. The summed E-state index contributed by atoms with van der Waals surface area (Å²) in [6, 6.07) is -1.89. The van der Waals surface area contributed by atoms with Crippen LogP contribution in [0.4, 0.5) is 0 Å². The molecule has 21 heterocycles. The fraction of sp³-hybridized carbons (Fsp3) is 1.00. The van der Waals surface area contributed by atoms with Crippen molar-refractivity contribution in [2.45, 2.75) is 215 Å². The molecule has 0 aromatic heterocycles. The smallest absolute Gasteiger partial charge is 0.187 e. The van der Waals surface area contributed by atoms with Gasteiger partial charge in [-0.3, -0.25) is 0 Å². The molecule has 21 rings (SSSR count). The number of rotatable bonds is 8. The summed E-state index contributed by atoms with van der Waals surface area (Å²) in [6.45, 7) is -7.41. The van der Waals surface area contributed by atoms with E-state index in [1.807, 2.05) is 0 Å². The van der Waals surface area contributed by atoms with Gasteiger partial charge in [-0.25, -0.2) is 0 Å². The molecule has 0 aromatic carbocycles. The van der Waals surface area contributed by atoms with Gasteiger partial charge in [0.05, 0.1) is 52.3 Å². The predicted octanol–water partition coefficient (Wildman–Crippen LogP) is -13.9. The van der Waals surface area contributed by atoms with Crippen molar-refractivity contribution < 1.29 is 168 Å². The number of azide groups is 1. The highest BCUT2D eigenvalue weighted by molar-refractivity contribution is 5.03. The molecule has 0 spiro atoms. The molecule has 21 fully saturated rings. The molecule has 0 aliphatic carbocycles. The van der Waals surface area contributed by atoms with Crippen molar-refractivity contribution in [3.05, 3.63) is 10.4 Å². The van der Waals surface area contributed by atoms with E-state index in [1.54, 1.807) is 0 Å². The van der Waals surface area contributed by atoms with Crippen molar-refractivity contribution >= 4 is 0 Å². The van der Waals surface area contributed by atoms with Gasteiger partial charge in [0, 0.05) is 4.91 Å². The summed E-state index contributed by atoms with van der Waals surface area (Å²) in [5.74, 6) is 0. The second-order valence-electron chi connectivity index (χ2n) is 19.9. The summed E-state index contributed by atoms with van der Waals surface area (Å²) in [7, 11) is 0. The van der Waals surface area contributed by atoms with Crippen LogP contribution in [0.15, 0.2) is 5.11 Å². The molecule has 0 unspecified atom stereocenters. The quantitative estimate of drug-likeness (QED) is 0.0610. The van der Waals surface area contributed by atoms with Gasteiger partial charge in [0.15, 0.2) is 44.0 Å². The maximum atomic E-state index is 11.5. The summed E-state index contributed by atoms with van der Waals surface area (Å²) in [6.07, 6.45) is -68.4. The van der Waals surface area contributed by atoms with Gasteiger partial charge < -0.3 is 168 Å². The SMILES string of the molecule is [N-]=[N+]=N[C@H]1[C@H](O)[C@H]2O[C@H]3[C@@H](O)[C@H](O)[C@@H](O[C@H]4[C@@H](O)[C@H](O)[C@@H](O[C@H]5[C@H](O)[C@@H](O)[C@@H](O[C@H]6[C@H](O)[C@@H](O)[C@@H](O[C@H]7[C@H](O)[C@@H](O)[C@@H](O[C@H]8[C@H](O)[C@@H](O)[C@@H](O[C@@H]1[C@@H](CO)O2)O[C@@H]8CO)O[C@@H]7CO)O[C@@H]6CO)O[C@@H]5CO)O[C@@H]4CO)O[C@@H]3CO. The summed E-state index contributed by atoms with van der Waals surface area (Å²) in [5.41, 5.74) is 9.57. The maximum absolute atomic E-state index is 11.5. The molecular weight excluding hydrogens is 1090 g/mol. The van der Waals surface area contributed by atoms with Gasteiger partial charge in [0.2, 0.25) is 0 Å². The molecule has 37 nitrogen and oxygen atoms in total. The van der Waals surface area contributed by atoms with Crippen LogP contribution in [-0.2, 0) is 66.3 Å². The highest BCUT2D eigenvalue weighted by Gasteiger charge is 2.59. The standard InChI is InChI=1S/C42H69N3O34/c43-45-44-15-16(53)36-66-8(1-46)29(15)73-37-23(60)17(54)31(10(3-48)67-37)75-39-25(62)19(56)33(12(5-50)69-39)77-41-27(64)21(58)35(14(7-52)71-41)79-42-28(65)22(59)34(13(6-51)72-42)78-40-26(63)20(57)32(11(4-49)70-40)76-38-24(61)18(55)30(74-36)9(2-47)68-38/h8-42,46-65H,1-7H2/t8-,9-,10-,11-,12-,13-,14-,15+,16+,17-,18+,19-,20+,21-,22-,23-,24+,25-,26+,27-,28-,29-,30-,31-,32-,33-,34-,35-,36-,37-,38-,39-,40-,41-,42-/m1/s1. The topological polar surface area (TPSA) is 583 Å². The molecule has 21 aliphatic rings. The zero-order chi connectivity index (χ0) is 57.5. The Morgan fingerprint density at radius 3 is 0.582 bits per heavy atom. The summed E-state index contributed by atoms with van der Waals surface area (Å²) >= 11 is 0. The van der Waals surface area contributed by atoms with Crippen LogP contribution in [0.2, 0.25) is 0 Å². The van der Waals surface area contributed by atoms with Crippen LogP contribution in [0.1, 0.15) is 0 Å². The number of ether oxygens (including phenoxy) is 14. The lowest BCUT2D eigenvalue weighted by Crippen LogP contribution is -2.68. The third-order valence-electron chi connectivity index (χ3n) is 15.0. The fourth-order valence-corrected chi connectivity index (χ4v) is 10.6. The normalized spacial score (nSPS) is 54.1. The number of nitrogens with zero attached hydrogens (tertiary/aromatic N) is 3. The van der Waals surface area contributed by atoms with Crippen LogP contribution < -0.4 is 0 Å². The van der Waals surface area contributed by atoms with Crippen molar-refractivity contribution in [1.82, 2.24) is 0 Å². The molecular formula is C42H69N3O34. The lowest BCUT2D eigenvalue weighted by Gasteiger charge is -2.50. The van der Waals surface area contributed by atoms with Crippen LogP contribution >= 0.6 is 0 Å². The van der Waals surface area contributed by atoms with E-state index >= 15 is 0 Å². The zero-order valence-electron chi connectivity index (χ0n) is 41.2. The number of aliphatic hydroxyl groups excluding tert-OH is 20. The fourth-order valence-electron chi connectivity index (χ4n) is 10.6. The Labute approximate surface area is 444 Å². The third kappa shape index (κ3) is 12.4. The highest BCUT2D eigenvalue weighted by atomic mass is 16.8. The van der Waals surface area contributed by atoms with Gasteiger partial charge in [0.25, 0.3) is 0 Å². The number of hydrogen-bond donors (Lipinski definition) is 20. The molecule has 0 saturated carbocycles. The largest absolute Gasteiger partial charge is 0.394 e. The molecule has 0 radical (unpaired) electrons. The Kier molecular flexibility index (Phi) is 21.4. The van der Waals surface area contributed by atoms with Gasteiger partial charge >= 0.3 is 0 Å². The lowest BCUT2D eigenvalue weighted by atomic mass is 9.94. The minimum absolute atomic E-state index is 1.05. The van der Waals surface area contributed by atoms with Crippen molar-refractivity contribution in [2.24, 2.45) is 5.11 Å². The average molecular weight is 1160 g/mol. The first-order chi connectivity index (χ1) is 37.7. The maximum Gasteiger partial charge on any atom is 0.187 e. The Morgan fingerprint density at radius 2 is 0.405 bits per heavy atom. The van der Waals surface area contributed by atoms with Gasteiger partial charge in [-0.1, -0.05) is 5.11 Å². The highest BCUT2D eigenvalue weighted by Crippen LogP contribution is 2.39. The van der Waals surface area contributed by atoms with E-state index in [0.29, 0.717) is 0 Å².